The van der Waals surface area contributed by atoms with E-state index in [9.17, 15) is 13.2 Å². The predicted molar refractivity (Wildman–Crippen MR) is 62.1 cm³/mol. The van der Waals surface area contributed by atoms with Gasteiger partial charge in [-0.1, -0.05) is 13.3 Å². The van der Waals surface area contributed by atoms with Crippen molar-refractivity contribution in [1.82, 2.24) is 15.1 Å². The molecule has 0 aliphatic rings. The van der Waals surface area contributed by atoms with Crippen LogP contribution in [0, 0.1) is 0 Å². The van der Waals surface area contributed by atoms with Crippen LogP contribution in [0.1, 0.15) is 31.2 Å². The maximum Gasteiger partial charge on any atom is 0.435 e. The third-order valence-corrected chi connectivity index (χ3v) is 2.28. The second-order valence-electron chi connectivity index (χ2n) is 3.67. The molecule has 1 aromatic heterocycles. The second kappa shape index (κ2) is 6.86. The summed E-state index contributed by atoms with van der Waals surface area (Å²) in [6.07, 6.45) is -2.28. The van der Waals surface area contributed by atoms with E-state index >= 15 is 0 Å². The van der Waals surface area contributed by atoms with Crippen molar-refractivity contribution in [2.45, 2.75) is 32.5 Å². The number of alkyl halides is 3. The van der Waals surface area contributed by atoms with E-state index in [4.69, 9.17) is 0 Å². The first kappa shape index (κ1) is 16.2. The van der Waals surface area contributed by atoms with E-state index in [1.807, 2.05) is 0 Å². The van der Waals surface area contributed by atoms with Gasteiger partial charge in [0, 0.05) is 13.6 Å². The largest absolute Gasteiger partial charge is 0.435 e. The van der Waals surface area contributed by atoms with E-state index in [2.05, 4.69) is 17.3 Å². The summed E-state index contributed by atoms with van der Waals surface area (Å²) in [6.45, 7) is 3.29. The Kier molecular flexibility index (Phi) is 6.56. The molecule has 7 heteroatoms. The van der Waals surface area contributed by atoms with Crippen LogP contribution in [-0.2, 0) is 19.8 Å². The Hall–Kier alpha value is -0.750. The zero-order valence-corrected chi connectivity index (χ0v) is 10.7. The van der Waals surface area contributed by atoms with E-state index in [0.29, 0.717) is 12.2 Å². The normalized spacial score (nSPS) is 11.4. The molecule has 0 aromatic carbocycles. The summed E-state index contributed by atoms with van der Waals surface area (Å²) in [5, 5.41) is 6.51. The van der Waals surface area contributed by atoms with Gasteiger partial charge in [0.2, 0.25) is 0 Å². The molecule has 0 radical (unpaired) electrons. The number of nitrogens with zero attached hydrogens (tertiary/aromatic N) is 2. The summed E-state index contributed by atoms with van der Waals surface area (Å²) in [4.78, 5) is 0. The fourth-order valence-corrected chi connectivity index (χ4v) is 1.33. The lowest BCUT2D eigenvalue weighted by molar-refractivity contribution is -0.141. The topological polar surface area (TPSA) is 29.9 Å². The summed E-state index contributed by atoms with van der Waals surface area (Å²) in [5.74, 6) is 0. The van der Waals surface area contributed by atoms with Crippen molar-refractivity contribution in [3.05, 3.63) is 17.5 Å². The molecule has 0 spiro atoms. The number of rotatable bonds is 5. The van der Waals surface area contributed by atoms with Gasteiger partial charge in [-0.05, 0) is 19.0 Å². The third-order valence-electron chi connectivity index (χ3n) is 2.28. The summed E-state index contributed by atoms with van der Waals surface area (Å²) in [7, 11) is 1.52. The minimum atomic E-state index is -4.36. The molecule has 0 unspecified atom stereocenters. The molecule has 0 fully saturated rings. The van der Waals surface area contributed by atoms with E-state index < -0.39 is 11.9 Å². The molecule has 1 aromatic rings. The Morgan fingerprint density at radius 2 is 2.06 bits per heavy atom. The average Bonchev–Trinajstić information content (AvgIpc) is 2.55. The lowest BCUT2D eigenvalue weighted by Crippen LogP contribution is -2.16. The Balaban J connectivity index is 0.00000256. The molecule has 0 saturated heterocycles. The summed E-state index contributed by atoms with van der Waals surface area (Å²) in [6, 6.07) is 1.08. The zero-order valence-electron chi connectivity index (χ0n) is 9.84. The molecule has 0 bridgehead atoms. The number of aromatic nitrogens is 2. The molecule has 17 heavy (non-hydrogen) atoms. The highest BCUT2D eigenvalue weighted by atomic mass is 35.5. The SMILES string of the molecule is CCCCNCc1cc(C(F)(F)F)nn1C.Cl. The van der Waals surface area contributed by atoms with Crippen LogP contribution < -0.4 is 5.32 Å². The van der Waals surface area contributed by atoms with Crippen molar-refractivity contribution >= 4 is 12.4 Å². The van der Waals surface area contributed by atoms with Gasteiger partial charge in [-0.25, -0.2) is 0 Å². The number of unbranched alkanes of at least 4 members (excludes halogenated alkanes) is 1. The first-order chi connectivity index (χ1) is 7.45. The molecule has 0 aliphatic carbocycles. The van der Waals surface area contributed by atoms with Crippen LogP contribution in [0.25, 0.3) is 0 Å². The van der Waals surface area contributed by atoms with Crippen molar-refractivity contribution in [1.29, 1.82) is 0 Å². The molecule has 100 valence electrons. The maximum atomic E-state index is 12.3. The number of nitrogens with one attached hydrogen (secondary N) is 1. The summed E-state index contributed by atoms with van der Waals surface area (Å²) >= 11 is 0. The number of halogens is 4. The third kappa shape index (κ3) is 4.95. The van der Waals surface area contributed by atoms with E-state index in [1.165, 1.54) is 11.7 Å². The average molecular weight is 272 g/mol. The van der Waals surface area contributed by atoms with Crippen LogP contribution in [-0.4, -0.2) is 16.3 Å². The molecule has 0 atom stereocenters. The Bertz CT molecular complexity index is 336. The molecular weight excluding hydrogens is 255 g/mol. The van der Waals surface area contributed by atoms with Crippen LogP contribution in [0.15, 0.2) is 6.07 Å². The molecule has 3 nitrogen and oxygen atoms in total. The molecule has 0 aliphatic heterocycles. The molecular formula is C10H17ClF3N3. The van der Waals surface area contributed by atoms with E-state index in [-0.39, 0.29) is 12.4 Å². The minimum Gasteiger partial charge on any atom is -0.311 e. The summed E-state index contributed by atoms with van der Waals surface area (Å²) < 4.78 is 38.2. The van der Waals surface area contributed by atoms with Crippen molar-refractivity contribution in [2.75, 3.05) is 6.54 Å². The van der Waals surface area contributed by atoms with Gasteiger partial charge in [0.05, 0.1) is 5.69 Å². The Labute approximate surface area is 105 Å². The minimum absolute atomic E-state index is 0. The first-order valence-electron chi connectivity index (χ1n) is 5.26. The maximum absolute atomic E-state index is 12.3. The predicted octanol–water partition coefficient (Wildman–Crippen LogP) is 2.75. The summed E-state index contributed by atoms with van der Waals surface area (Å²) in [5.41, 5.74) is -0.286. The lowest BCUT2D eigenvalue weighted by atomic mass is 10.3. The zero-order chi connectivity index (χ0) is 12.2. The molecule has 1 heterocycles. The number of aryl methyl sites for hydroxylation is 1. The van der Waals surface area contributed by atoms with E-state index in [1.54, 1.807) is 0 Å². The Morgan fingerprint density at radius 1 is 1.41 bits per heavy atom. The standard InChI is InChI=1S/C10H16F3N3.ClH/c1-3-4-5-14-7-8-6-9(10(11,12)13)15-16(8)2;/h6,14H,3-5,7H2,1-2H3;1H. The van der Waals surface area contributed by atoms with Gasteiger partial charge in [0.1, 0.15) is 0 Å². The van der Waals surface area contributed by atoms with Gasteiger partial charge in [0.15, 0.2) is 5.69 Å². The smallest absolute Gasteiger partial charge is 0.311 e. The molecule has 0 amide bonds. The molecule has 0 saturated carbocycles. The van der Waals surface area contributed by atoms with Crippen LogP contribution >= 0.6 is 12.4 Å². The highest BCUT2D eigenvalue weighted by molar-refractivity contribution is 5.85. The monoisotopic (exact) mass is 271 g/mol. The molecule has 1 rings (SSSR count). The van der Waals surface area contributed by atoms with Crippen molar-refractivity contribution in [3.8, 4) is 0 Å². The van der Waals surface area contributed by atoms with Gasteiger partial charge in [-0.15, -0.1) is 12.4 Å². The van der Waals surface area contributed by atoms with Gasteiger partial charge in [-0.2, -0.15) is 18.3 Å². The van der Waals surface area contributed by atoms with Crippen molar-refractivity contribution in [2.24, 2.45) is 7.05 Å². The van der Waals surface area contributed by atoms with Crippen LogP contribution in [0.3, 0.4) is 0 Å². The van der Waals surface area contributed by atoms with Crippen molar-refractivity contribution in [3.63, 3.8) is 0 Å². The lowest BCUT2D eigenvalue weighted by Gasteiger charge is -2.03. The first-order valence-corrected chi connectivity index (χ1v) is 5.26. The fraction of sp³-hybridized carbons (Fsp3) is 0.700. The number of hydrogen-bond acceptors (Lipinski definition) is 2. The highest BCUT2D eigenvalue weighted by Gasteiger charge is 2.34. The van der Waals surface area contributed by atoms with Crippen molar-refractivity contribution < 1.29 is 13.2 Å². The van der Waals surface area contributed by atoms with Crippen LogP contribution in [0.4, 0.5) is 13.2 Å². The van der Waals surface area contributed by atoms with Gasteiger partial charge < -0.3 is 5.32 Å². The quantitative estimate of drug-likeness (QED) is 0.835. The van der Waals surface area contributed by atoms with E-state index in [0.717, 1.165) is 25.5 Å². The van der Waals surface area contributed by atoms with Gasteiger partial charge >= 0.3 is 6.18 Å². The second-order valence-corrected chi connectivity index (χ2v) is 3.67. The van der Waals surface area contributed by atoms with Crippen LogP contribution in [0.2, 0.25) is 0 Å². The van der Waals surface area contributed by atoms with Gasteiger partial charge in [0.25, 0.3) is 0 Å². The molecule has 1 N–H and O–H groups in total. The highest BCUT2D eigenvalue weighted by Crippen LogP contribution is 2.28. The van der Waals surface area contributed by atoms with Gasteiger partial charge in [-0.3, -0.25) is 4.68 Å². The number of hydrogen-bond donors (Lipinski definition) is 1. The van der Waals surface area contributed by atoms with Crippen LogP contribution in [0.5, 0.6) is 0 Å². The fourth-order valence-electron chi connectivity index (χ4n) is 1.33. The Morgan fingerprint density at radius 3 is 2.53 bits per heavy atom.